The first-order chi connectivity index (χ1) is 15.0. The molecule has 31 heavy (non-hydrogen) atoms. The number of hydrogen-bond acceptors (Lipinski definition) is 5. The van der Waals surface area contributed by atoms with Crippen molar-refractivity contribution in [3.63, 3.8) is 0 Å². The van der Waals surface area contributed by atoms with Gasteiger partial charge in [-0.2, -0.15) is 0 Å². The summed E-state index contributed by atoms with van der Waals surface area (Å²) in [5.41, 5.74) is 1.95. The molecule has 0 saturated heterocycles. The average molecular weight is 437 g/mol. The number of carbonyl (C=O) groups excluding carboxylic acids is 3. The molecule has 0 saturated carbocycles. The highest BCUT2D eigenvalue weighted by atomic mass is 35.5. The molecular weight excluding hydrogens is 420 g/mol. The standard InChI is InChI=1S/C22H17ClN4O4/c23-15-5-8-19-18(10-15)27(21(29)13-31-19)12-20(28)25-16-6-3-14(4-7-16)22(30)26-17-2-1-9-24-11-17/h1-11H,12-13H2,(H,25,28)(H,26,30). The van der Waals surface area contributed by atoms with Gasteiger partial charge in [0.2, 0.25) is 5.91 Å². The Morgan fingerprint density at radius 3 is 2.61 bits per heavy atom. The molecule has 2 N–H and O–H groups in total. The minimum atomic E-state index is -0.395. The van der Waals surface area contributed by atoms with Crippen LogP contribution >= 0.6 is 11.6 Å². The van der Waals surface area contributed by atoms with Crippen LogP contribution in [0, 0.1) is 0 Å². The molecule has 3 aromatic rings. The van der Waals surface area contributed by atoms with E-state index in [0.29, 0.717) is 33.4 Å². The molecule has 0 aliphatic carbocycles. The fraction of sp³-hybridized carbons (Fsp3) is 0.0909. The smallest absolute Gasteiger partial charge is 0.265 e. The van der Waals surface area contributed by atoms with Crippen LogP contribution in [0.2, 0.25) is 5.02 Å². The second-order valence-corrected chi connectivity index (χ2v) is 7.14. The van der Waals surface area contributed by atoms with Crippen LogP contribution in [0.3, 0.4) is 0 Å². The van der Waals surface area contributed by atoms with Crippen molar-refractivity contribution in [1.29, 1.82) is 0 Å². The Morgan fingerprint density at radius 1 is 1.06 bits per heavy atom. The third-order valence-electron chi connectivity index (χ3n) is 4.52. The van der Waals surface area contributed by atoms with Crippen LogP contribution < -0.4 is 20.3 Å². The van der Waals surface area contributed by atoms with Crippen molar-refractivity contribution < 1.29 is 19.1 Å². The number of nitrogens with zero attached hydrogens (tertiary/aromatic N) is 2. The number of benzene rings is 2. The van der Waals surface area contributed by atoms with E-state index in [9.17, 15) is 14.4 Å². The number of carbonyl (C=O) groups is 3. The lowest BCUT2D eigenvalue weighted by Crippen LogP contribution is -2.43. The summed E-state index contributed by atoms with van der Waals surface area (Å²) in [6, 6.07) is 14.8. The summed E-state index contributed by atoms with van der Waals surface area (Å²) in [4.78, 5) is 42.3. The predicted octanol–water partition coefficient (Wildman–Crippen LogP) is 3.35. The largest absolute Gasteiger partial charge is 0.482 e. The molecule has 0 unspecified atom stereocenters. The average Bonchev–Trinajstić information content (AvgIpc) is 2.77. The van der Waals surface area contributed by atoms with E-state index in [2.05, 4.69) is 15.6 Å². The summed E-state index contributed by atoms with van der Waals surface area (Å²) < 4.78 is 5.38. The fourth-order valence-corrected chi connectivity index (χ4v) is 3.20. The van der Waals surface area contributed by atoms with Crippen LogP contribution in [0.25, 0.3) is 0 Å². The van der Waals surface area contributed by atoms with Gasteiger partial charge in [-0.05, 0) is 54.6 Å². The third kappa shape index (κ3) is 4.81. The molecule has 0 fully saturated rings. The van der Waals surface area contributed by atoms with E-state index in [1.165, 1.54) is 4.90 Å². The van der Waals surface area contributed by atoms with Gasteiger partial charge in [-0.1, -0.05) is 11.6 Å². The van der Waals surface area contributed by atoms with Crippen LogP contribution in [-0.2, 0) is 9.59 Å². The normalized spacial score (nSPS) is 12.5. The van der Waals surface area contributed by atoms with Gasteiger partial charge in [-0.15, -0.1) is 0 Å². The second kappa shape index (κ2) is 8.85. The van der Waals surface area contributed by atoms with Gasteiger partial charge in [0, 0.05) is 22.5 Å². The lowest BCUT2D eigenvalue weighted by Gasteiger charge is -2.29. The summed E-state index contributed by atoms with van der Waals surface area (Å²) in [7, 11) is 0. The highest BCUT2D eigenvalue weighted by molar-refractivity contribution is 6.31. The monoisotopic (exact) mass is 436 g/mol. The van der Waals surface area contributed by atoms with Crippen molar-refractivity contribution in [2.75, 3.05) is 28.7 Å². The van der Waals surface area contributed by atoms with Gasteiger partial charge in [0.15, 0.2) is 6.61 Å². The molecule has 9 heteroatoms. The molecule has 1 aliphatic heterocycles. The van der Waals surface area contributed by atoms with Crippen LogP contribution in [-0.4, -0.2) is 35.9 Å². The Kier molecular flexibility index (Phi) is 5.81. The molecule has 1 aliphatic rings. The molecule has 8 nitrogen and oxygen atoms in total. The van der Waals surface area contributed by atoms with E-state index in [1.807, 2.05) is 0 Å². The number of halogens is 1. The molecule has 2 heterocycles. The number of hydrogen-bond donors (Lipinski definition) is 2. The topological polar surface area (TPSA) is 101 Å². The summed E-state index contributed by atoms with van der Waals surface area (Å²) >= 11 is 6.02. The molecule has 3 amide bonds. The Morgan fingerprint density at radius 2 is 1.87 bits per heavy atom. The molecule has 2 aromatic carbocycles. The lowest BCUT2D eigenvalue weighted by molar-refractivity contribution is -0.123. The van der Waals surface area contributed by atoms with E-state index >= 15 is 0 Å². The molecule has 4 rings (SSSR count). The third-order valence-corrected chi connectivity index (χ3v) is 4.75. The Hall–Kier alpha value is -3.91. The van der Waals surface area contributed by atoms with Crippen LogP contribution in [0.4, 0.5) is 17.1 Å². The van der Waals surface area contributed by atoms with Crippen molar-refractivity contribution in [2.45, 2.75) is 0 Å². The number of fused-ring (bicyclic) bond motifs is 1. The predicted molar refractivity (Wildman–Crippen MR) is 117 cm³/mol. The van der Waals surface area contributed by atoms with Gasteiger partial charge in [-0.25, -0.2) is 0 Å². The maximum atomic E-state index is 12.5. The molecule has 0 atom stereocenters. The Bertz CT molecular complexity index is 1140. The first-order valence-electron chi connectivity index (χ1n) is 9.33. The zero-order chi connectivity index (χ0) is 21.8. The Labute approximate surface area is 182 Å². The van der Waals surface area contributed by atoms with Gasteiger partial charge in [0.1, 0.15) is 12.3 Å². The highest BCUT2D eigenvalue weighted by Gasteiger charge is 2.27. The van der Waals surface area contributed by atoms with Crippen LogP contribution in [0.15, 0.2) is 67.0 Å². The van der Waals surface area contributed by atoms with E-state index in [-0.39, 0.29) is 25.0 Å². The van der Waals surface area contributed by atoms with Gasteiger partial charge >= 0.3 is 0 Å². The molecule has 1 aromatic heterocycles. The first kappa shape index (κ1) is 20.4. The summed E-state index contributed by atoms with van der Waals surface area (Å²) in [5.74, 6) is -0.542. The minimum absolute atomic E-state index is 0.150. The van der Waals surface area contributed by atoms with Gasteiger partial charge in [-0.3, -0.25) is 24.3 Å². The van der Waals surface area contributed by atoms with Crippen molar-refractivity contribution in [3.8, 4) is 5.75 Å². The van der Waals surface area contributed by atoms with Crippen LogP contribution in [0.1, 0.15) is 10.4 Å². The number of ether oxygens (including phenoxy) is 1. The molecule has 0 bridgehead atoms. The molecule has 0 spiro atoms. The summed E-state index contributed by atoms with van der Waals surface area (Å²) in [6.45, 7) is -0.346. The van der Waals surface area contributed by atoms with E-state index in [0.717, 1.165) is 0 Å². The minimum Gasteiger partial charge on any atom is -0.482 e. The quantitative estimate of drug-likeness (QED) is 0.638. The maximum Gasteiger partial charge on any atom is 0.265 e. The number of anilines is 3. The lowest BCUT2D eigenvalue weighted by atomic mass is 10.2. The van der Waals surface area contributed by atoms with E-state index in [4.69, 9.17) is 16.3 Å². The highest BCUT2D eigenvalue weighted by Crippen LogP contribution is 2.34. The maximum absolute atomic E-state index is 12.5. The molecule has 0 radical (unpaired) electrons. The van der Waals surface area contributed by atoms with Crippen molar-refractivity contribution in [3.05, 3.63) is 77.6 Å². The zero-order valence-corrected chi connectivity index (χ0v) is 16.9. The first-order valence-corrected chi connectivity index (χ1v) is 9.71. The SMILES string of the molecule is O=C(CN1C(=O)COc2ccc(Cl)cc21)Nc1ccc(C(=O)Nc2cccnc2)cc1. The number of aromatic nitrogens is 1. The van der Waals surface area contributed by atoms with Crippen molar-refractivity contribution >= 4 is 46.4 Å². The Balaban J connectivity index is 1.40. The number of nitrogens with one attached hydrogen (secondary N) is 2. The summed E-state index contributed by atoms with van der Waals surface area (Å²) in [6.07, 6.45) is 3.16. The van der Waals surface area contributed by atoms with Gasteiger partial charge in [0.05, 0.1) is 17.6 Å². The van der Waals surface area contributed by atoms with Crippen molar-refractivity contribution in [1.82, 2.24) is 4.98 Å². The fourth-order valence-electron chi connectivity index (χ4n) is 3.04. The number of pyridine rings is 1. The van der Waals surface area contributed by atoms with E-state index in [1.54, 1.807) is 67.0 Å². The van der Waals surface area contributed by atoms with Gasteiger partial charge < -0.3 is 15.4 Å². The molecular formula is C22H17ClN4O4. The van der Waals surface area contributed by atoms with Crippen LogP contribution in [0.5, 0.6) is 5.75 Å². The van der Waals surface area contributed by atoms with Gasteiger partial charge in [0.25, 0.3) is 11.8 Å². The summed E-state index contributed by atoms with van der Waals surface area (Å²) in [5, 5.41) is 5.89. The number of amides is 3. The second-order valence-electron chi connectivity index (χ2n) is 6.70. The van der Waals surface area contributed by atoms with Crippen molar-refractivity contribution in [2.24, 2.45) is 0 Å². The number of rotatable bonds is 5. The molecule has 156 valence electrons. The van der Waals surface area contributed by atoms with E-state index < -0.39 is 5.91 Å². The zero-order valence-electron chi connectivity index (χ0n) is 16.2.